The summed E-state index contributed by atoms with van der Waals surface area (Å²) < 4.78 is 0. The van der Waals surface area contributed by atoms with E-state index in [0.717, 1.165) is 31.3 Å². The van der Waals surface area contributed by atoms with Gasteiger partial charge in [0.2, 0.25) is 5.91 Å². The molecule has 0 bridgehead atoms. The molecule has 0 spiro atoms. The van der Waals surface area contributed by atoms with E-state index < -0.39 is 0 Å². The molecule has 1 aliphatic rings. The van der Waals surface area contributed by atoms with Gasteiger partial charge in [0, 0.05) is 54.8 Å². The zero-order chi connectivity index (χ0) is 21.1. The summed E-state index contributed by atoms with van der Waals surface area (Å²) in [5.74, 6) is 0.0890. The molecule has 1 atom stereocenters. The van der Waals surface area contributed by atoms with Gasteiger partial charge in [0.1, 0.15) is 0 Å². The van der Waals surface area contributed by atoms with Gasteiger partial charge in [0.05, 0.1) is 0 Å². The first-order valence-electron chi connectivity index (χ1n) is 11.1. The van der Waals surface area contributed by atoms with Crippen molar-refractivity contribution in [3.05, 3.63) is 65.9 Å². The van der Waals surface area contributed by atoms with Gasteiger partial charge in [-0.1, -0.05) is 50.1 Å². The van der Waals surface area contributed by atoms with E-state index in [4.69, 9.17) is 0 Å². The number of aromatic nitrogens is 1. The highest BCUT2D eigenvalue weighted by Crippen LogP contribution is 2.41. The Morgan fingerprint density at radius 3 is 2.67 bits per heavy atom. The summed E-state index contributed by atoms with van der Waals surface area (Å²) in [4.78, 5) is 18.4. The number of para-hydroxylation sites is 1. The predicted molar refractivity (Wildman–Crippen MR) is 125 cm³/mol. The van der Waals surface area contributed by atoms with Crippen molar-refractivity contribution in [3.8, 4) is 0 Å². The molecule has 0 radical (unpaired) electrons. The first-order valence-corrected chi connectivity index (χ1v) is 11.1. The number of H-pyrrole nitrogens is 1. The number of hydrogen-bond acceptors (Lipinski definition) is 2. The Hall–Kier alpha value is -2.75. The zero-order valence-corrected chi connectivity index (χ0v) is 18.4. The topological polar surface area (TPSA) is 48.1 Å². The van der Waals surface area contributed by atoms with Crippen LogP contribution in [0.25, 0.3) is 10.9 Å². The largest absolute Gasteiger partial charge is 0.378 e. The lowest BCUT2D eigenvalue weighted by atomic mass is 9.78. The van der Waals surface area contributed by atoms with Crippen molar-refractivity contribution in [3.63, 3.8) is 0 Å². The van der Waals surface area contributed by atoms with Crippen LogP contribution in [0.5, 0.6) is 0 Å². The molecule has 1 heterocycles. The van der Waals surface area contributed by atoms with Crippen molar-refractivity contribution in [2.24, 2.45) is 5.92 Å². The van der Waals surface area contributed by atoms with Gasteiger partial charge in [-0.2, -0.15) is 0 Å². The third-order valence-electron chi connectivity index (χ3n) is 6.79. The highest BCUT2D eigenvalue weighted by atomic mass is 16.1. The van der Waals surface area contributed by atoms with Crippen LogP contribution in [-0.4, -0.2) is 31.5 Å². The van der Waals surface area contributed by atoms with Crippen molar-refractivity contribution in [1.82, 2.24) is 10.3 Å². The third kappa shape index (κ3) is 4.09. The van der Waals surface area contributed by atoms with Crippen molar-refractivity contribution < 1.29 is 4.79 Å². The number of anilines is 1. The van der Waals surface area contributed by atoms with E-state index in [2.05, 4.69) is 71.8 Å². The van der Waals surface area contributed by atoms with Crippen LogP contribution in [0.1, 0.15) is 43.7 Å². The minimum absolute atomic E-state index is 0.0577. The van der Waals surface area contributed by atoms with Crippen molar-refractivity contribution in [2.75, 3.05) is 25.5 Å². The van der Waals surface area contributed by atoms with Gasteiger partial charge < -0.3 is 15.2 Å². The fraction of sp³-hybridized carbons (Fsp3) is 0.423. The first kappa shape index (κ1) is 20.5. The zero-order valence-electron chi connectivity index (χ0n) is 18.4. The molecule has 2 aromatic carbocycles. The molecule has 1 unspecified atom stereocenters. The Kier molecular flexibility index (Phi) is 5.85. The molecule has 158 valence electrons. The van der Waals surface area contributed by atoms with Crippen LogP contribution in [0.2, 0.25) is 0 Å². The lowest BCUT2D eigenvalue weighted by Gasteiger charge is -2.31. The smallest absolute Gasteiger partial charge is 0.223 e. The molecule has 1 amide bonds. The molecular formula is C26H33N3O. The van der Waals surface area contributed by atoms with Gasteiger partial charge in [-0.3, -0.25) is 4.79 Å². The van der Waals surface area contributed by atoms with Crippen LogP contribution in [0.15, 0.2) is 54.7 Å². The van der Waals surface area contributed by atoms with Crippen LogP contribution >= 0.6 is 0 Å². The maximum absolute atomic E-state index is 13.0. The molecule has 3 aromatic rings. The van der Waals surface area contributed by atoms with Gasteiger partial charge in [-0.05, 0) is 48.6 Å². The second-order valence-corrected chi connectivity index (χ2v) is 9.11. The third-order valence-corrected chi connectivity index (χ3v) is 6.79. The van der Waals surface area contributed by atoms with E-state index in [1.54, 1.807) is 0 Å². The average Bonchev–Trinajstić information content (AvgIpc) is 3.40. The van der Waals surface area contributed by atoms with E-state index in [1.807, 2.05) is 19.2 Å². The SMILES string of the molecule is CC(Cc1c[nH]c2ccccc12)C(=O)NCC1(c2cccc(N(C)C)c2)CCCC1. The first-order chi connectivity index (χ1) is 14.5. The highest BCUT2D eigenvalue weighted by molar-refractivity contribution is 5.84. The van der Waals surface area contributed by atoms with Gasteiger partial charge in [-0.25, -0.2) is 0 Å². The quantitative estimate of drug-likeness (QED) is 0.580. The Bertz CT molecular complexity index is 1010. The second-order valence-electron chi connectivity index (χ2n) is 9.11. The minimum Gasteiger partial charge on any atom is -0.378 e. The number of nitrogens with zero attached hydrogens (tertiary/aromatic N) is 1. The van der Waals surface area contributed by atoms with E-state index in [9.17, 15) is 4.79 Å². The number of carbonyl (C=O) groups excluding carboxylic acids is 1. The van der Waals surface area contributed by atoms with Crippen LogP contribution < -0.4 is 10.2 Å². The molecule has 4 heteroatoms. The van der Waals surface area contributed by atoms with Gasteiger partial charge in [0.25, 0.3) is 0 Å². The molecule has 30 heavy (non-hydrogen) atoms. The molecule has 1 aromatic heterocycles. The molecule has 0 aliphatic heterocycles. The summed E-state index contributed by atoms with van der Waals surface area (Å²) in [7, 11) is 4.16. The van der Waals surface area contributed by atoms with Gasteiger partial charge >= 0.3 is 0 Å². The molecule has 4 nitrogen and oxygen atoms in total. The molecule has 1 saturated carbocycles. The number of carbonyl (C=O) groups is 1. The normalized spacial score (nSPS) is 16.5. The Labute approximate surface area is 179 Å². The fourth-order valence-corrected chi connectivity index (χ4v) is 4.89. The maximum Gasteiger partial charge on any atom is 0.223 e. The summed E-state index contributed by atoms with van der Waals surface area (Å²) >= 11 is 0. The van der Waals surface area contributed by atoms with E-state index in [-0.39, 0.29) is 17.2 Å². The van der Waals surface area contributed by atoms with Crippen LogP contribution in [0, 0.1) is 5.92 Å². The Balaban J connectivity index is 1.45. The van der Waals surface area contributed by atoms with Crippen molar-refractivity contribution in [2.45, 2.75) is 44.4 Å². The van der Waals surface area contributed by atoms with E-state index in [1.165, 1.54) is 35.0 Å². The highest BCUT2D eigenvalue weighted by Gasteiger charge is 2.36. The van der Waals surface area contributed by atoms with Gasteiger partial charge in [-0.15, -0.1) is 0 Å². The lowest BCUT2D eigenvalue weighted by molar-refractivity contribution is -0.124. The van der Waals surface area contributed by atoms with Crippen molar-refractivity contribution >= 4 is 22.5 Å². The average molecular weight is 404 g/mol. The predicted octanol–water partition coefficient (Wildman–Crippen LogP) is 5.04. The standard InChI is InChI=1S/C26H33N3O/c1-19(15-20-17-27-24-12-5-4-11-23(20)24)25(30)28-18-26(13-6-7-14-26)21-9-8-10-22(16-21)29(2)3/h4-5,8-12,16-17,19,27H,6-7,13-15,18H2,1-3H3,(H,28,30). The molecular weight excluding hydrogens is 370 g/mol. The molecule has 4 rings (SSSR count). The van der Waals surface area contributed by atoms with E-state index >= 15 is 0 Å². The van der Waals surface area contributed by atoms with Crippen molar-refractivity contribution in [1.29, 1.82) is 0 Å². The second kappa shape index (κ2) is 8.55. The molecule has 2 N–H and O–H groups in total. The lowest BCUT2D eigenvalue weighted by Crippen LogP contribution is -2.41. The van der Waals surface area contributed by atoms with Crippen LogP contribution in [-0.2, 0) is 16.6 Å². The summed E-state index contributed by atoms with van der Waals surface area (Å²) in [6.07, 6.45) is 7.53. The summed E-state index contributed by atoms with van der Waals surface area (Å²) in [6, 6.07) is 17.1. The number of fused-ring (bicyclic) bond motifs is 1. The van der Waals surface area contributed by atoms with Gasteiger partial charge in [0.15, 0.2) is 0 Å². The Morgan fingerprint density at radius 2 is 1.90 bits per heavy atom. The van der Waals surface area contributed by atoms with Crippen LogP contribution in [0.3, 0.4) is 0 Å². The molecule has 1 fully saturated rings. The minimum atomic E-state index is -0.0595. The molecule has 1 aliphatic carbocycles. The Morgan fingerprint density at radius 1 is 1.13 bits per heavy atom. The summed E-state index contributed by atoms with van der Waals surface area (Å²) in [5.41, 5.74) is 4.98. The summed E-state index contributed by atoms with van der Waals surface area (Å²) in [5, 5.41) is 4.52. The number of aromatic amines is 1. The summed E-state index contributed by atoms with van der Waals surface area (Å²) in [6.45, 7) is 2.76. The monoisotopic (exact) mass is 403 g/mol. The molecule has 0 saturated heterocycles. The number of rotatable bonds is 7. The van der Waals surface area contributed by atoms with E-state index in [0.29, 0.717) is 0 Å². The number of nitrogens with one attached hydrogen (secondary N) is 2. The maximum atomic E-state index is 13.0. The number of hydrogen-bond donors (Lipinski definition) is 2. The van der Waals surface area contributed by atoms with Crippen LogP contribution in [0.4, 0.5) is 5.69 Å². The number of benzene rings is 2. The fourth-order valence-electron chi connectivity index (χ4n) is 4.89. The number of amides is 1.